The summed E-state index contributed by atoms with van der Waals surface area (Å²) in [5.74, 6) is 0.370. The Morgan fingerprint density at radius 2 is 1.77 bits per heavy atom. The van der Waals surface area contributed by atoms with Crippen LogP contribution in [0.4, 0.5) is 0 Å². The van der Waals surface area contributed by atoms with E-state index in [-0.39, 0.29) is 5.54 Å². The summed E-state index contributed by atoms with van der Waals surface area (Å²) in [6.07, 6.45) is 0. The summed E-state index contributed by atoms with van der Waals surface area (Å²) >= 11 is 0. The molecule has 4 nitrogen and oxygen atoms in total. The molecule has 4 heteroatoms. The van der Waals surface area contributed by atoms with Crippen molar-refractivity contribution in [2.24, 2.45) is 10.7 Å². The number of hydrogen-bond donors (Lipinski definition) is 3. The molecule has 0 aromatic rings. The smallest absolute Gasteiger partial charge is 0.189 e. The third-order valence-electron chi connectivity index (χ3n) is 1.14. The van der Waals surface area contributed by atoms with Gasteiger partial charge in [-0.25, -0.2) is 0 Å². The molecule has 0 bridgehead atoms. The number of guanidine groups is 1. The summed E-state index contributed by atoms with van der Waals surface area (Å²) < 4.78 is 0. The van der Waals surface area contributed by atoms with Crippen LogP contribution in [0.25, 0.3) is 0 Å². The normalized spacial score (nSPS) is 14.5. The van der Waals surface area contributed by atoms with Crippen LogP contribution in [0.2, 0.25) is 0 Å². The zero-order valence-electron chi connectivity index (χ0n) is 9.18. The van der Waals surface area contributed by atoms with Crippen molar-refractivity contribution in [3.63, 3.8) is 0 Å². The first kappa shape index (κ1) is 12.2. The molecule has 0 aliphatic carbocycles. The lowest BCUT2D eigenvalue weighted by Gasteiger charge is -2.22. The molecule has 0 saturated carbocycles. The standard InChI is InChI=1S/C9H21N3O/c1-8(2,3)12-7(10)11-6-9(4,5)13/h13H,6H2,1-5H3,(H3,10,11,12). The van der Waals surface area contributed by atoms with Crippen molar-refractivity contribution in [2.75, 3.05) is 6.54 Å². The van der Waals surface area contributed by atoms with Gasteiger partial charge in [-0.15, -0.1) is 0 Å². The Morgan fingerprint density at radius 3 is 2.08 bits per heavy atom. The van der Waals surface area contributed by atoms with E-state index in [4.69, 9.17) is 5.73 Å². The van der Waals surface area contributed by atoms with Crippen LogP contribution in [0.1, 0.15) is 34.6 Å². The van der Waals surface area contributed by atoms with Crippen molar-refractivity contribution in [1.29, 1.82) is 0 Å². The first-order chi connectivity index (χ1) is 5.60. The van der Waals surface area contributed by atoms with Crippen LogP contribution in [-0.4, -0.2) is 28.8 Å². The molecule has 0 unspecified atom stereocenters. The minimum Gasteiger partial charge on any atom is -0.389 e. The van der Waals surface area contributed by atoms with E-state index in [0.29, 0.717) is 12.5 Å². The highest BCUT2D eigenvalue weighted by Gasteiger charge is 2.13. The summed E-state index contributed by atoms with van der Waals surface area (Å²) in [6, 6.07) is 0. The lowest BCUT2D eigenvalue weighted by Crippen LogP contribution is -2.45. The predicted molar refractivity (Wildman–Crippen MR) is 55.7 cm³/mol. The second-order valence-corrected chi connectivity index (χ2v) is 4.89. The molecule has 0 fully saturated rings. The van der Waals surface area contributed by atoms with Crippen LogP contribution >= 0.6 is 0 Å². The number of hydrogen-bond acceptors (Lipinski definition) is 2. The lowest BCUT2D eigenvalue weighted by molar-refractivity contribution is 0.0902. The fourth-order valence-electron chi connectivity index (χ4n) is 0.702. The maximum absolute atomic E-state index is 9.37. The van der Waals surface area contributed by atoms with Gasteiger partial charge in [0.15, 0.2) is 5.96 Å². The van der Waals surface area contributed by atoms with Crippen LogP contribution in [0, 0.1) is 0 Å². The SMILES string of the molecule is CC(C)(O)CN=C(N)NC(C)(C)C. The van der Waals surface area contributed by atoms with Crippen molar-refractivity contribution >= 4 is 5.96 Å². The number of nitrogens with zero attached hydrogens (tertiary/aromatic N) is 1. The quantitative estimate of drug-likeness (QED) is 0.434. The molecule has 4 N–H and O–H groups in total. The Balaban J connectivity index is 4.05. The molecule has 0 radical (unpaired) electrons. The van der Waals surface area contributed by atoms with Crippen molar-refractivity contribution in [2.45, 2.75) is 45.8 Å². The summed E-state index contributed by atoms with van der Waals surface area (Å²) in [5, 5.41) is 12.4. The summed E-state index contributed by atoms with van der Waals surface area (Å²) in [6.45, 7) is 9.70. The largest absolute Gasteiger partial charge is 0.389 e. The van der Waals surface area contributed by atoms with Crippen LogP contribution in [0.3, 0.4) is 0 Å². The molecular weight excluding hydrogens is 166 g/mol. The highest BCUT2D eigenvalue weighted by Crippen LogP contribution is 2.01. The van der Waals surface area contributed by atoms with E-state index in [1.54, 1.807) is 13.8 Å². The maximum Gasteiger partial charge on any atom is 0.189 e. The molecule has 0 heterocycles. The third kappa shape index (κ3) is 9.14. The minimum atomic E-state index is -0.801. The number of rotatable bonds is 2. The highest BCUT2D eigenvalue weighted by atomic mass is 16.3. The Kier molecular flexibility index (Phi) is 3.72. The molecule has 0 aliphatic heterocycles. The molecule has 0 spiro atoms. The molecular formula is C9H21N3O. The van der Waals surface area contributed by atoms with E-state index in [2.05, 4.69) is 10.3 Å². The Labute approximate surface area is 80.2 Å². The Bertz CT molecular complexity index is 186. The molecule has 13 heavy (non-hydrogen) atoms. The van der Waals surface area contributed by atoms with Crippen molar-refractivity contribution in [3.05, 3.63) is 0 Å². The van der Waals surface area contributed by atoms with E-state index < -0.39 is 5.60 Å². The van der Waals surface area contributed by atoms with Crippen LogP contribution in [0.15, 0.2) is 4.99 Å². The number of aliphatic imine (C=N–C) groups is 1. The second kappa shape index (κ2) is 3.96. The number of nitrogens with two attached hydrogens (primary N) is 1. The summed E-state index contributed by atoms with van der Waals surface area (Å²) in [4.78, 5) is 4.01. The van der Waals surface area contributed by atoms with Crippen molar-refractivity contribution in [1.82, 2.24) is 5.32 Å². The van der Waals surface area contributed by atoms with Gasteiger partial charge in [-0.05, 0) is 34.6 Å². The average molecular weight is 187 g/mol. The second-order valence-electron chi connectivity index (χ2n) is 4.89. The van der Waals surface area contributed by atoms with Crippen molar-refractivity contribution < 1.29 is 5.11 Å². The third-order valence-corrected chi connectivity index (χ3v) is 1.14. The predicted octanol–water partition coefficient (Wildman–Crippen LogP) is 0.460. The highest BCUT2D eigenvalue weighted by molar-refractivity contribution is 5.78. The first-order valence-corrected chi connectivity index (χ1v) is 4.41. The molecule has 0 aliphatic rings. The van der Waals surface area contributed by atoms with Gasteiger partial charge in [0, 0.05) is 5.54 Å². The maximum atomic E-state index is 9.37. The first-order valence-electron chi connectivity index (χ1n) is 4.41. The summed E-state index contributed by atoms with van der Waals surface area (Å²) in [7, 11) is 0. The van der Waals surface area contributed by atoms with Gasteiger partial charge in [0.25, 0.3) is 0 Å². The van der Waals surface area contributed by atoms with Gasteiger partial charge in [0.2, 0.25) is 0 Å². The molecule has 0 saturated heterocycles. The van der Waals surface area contributed by atoms with Gasteiger partial charge in [0.1, 0.15) is 0 Å². The minimum absolute atomic E-state index is 0.0901. The molecule has 0 rings (SSSR count). The molecule has 78 valence electrons. The lowest BCUT2D eigenvalue weighted by atomic mass is 10.1. The van der Waals surface area contributed by atoms with Gasteiger partial charge < -0.3 is 16.2 Å². The zero-order chi connectivity index (χ0) is 10.7. The van der Waals surface area contributed by atoms with E-state index in [9.17, 15) is 5.11 Å². The van der Waals surface area contributed by atoms with E-state index >= 15 is 0 Å². The van der Waals surface area contributed by atoms with Gasteiger partial charge in [-0.2, -0.15) is 0 Å². The van der Waals surface area contributed by atoms with Crippen molar-refractivity contribution in [3.8, 4) is 0 Å². The van der Waals surface area contributed by atoms with Gasteiger partial charge in [-0.1, -0.05) is 0 Å². The van der Waals surface area contributed by atoms with Crippen LogP contribution < -0.4 is 11.1 Å². The van der Waals surface area contributed by atoms with Gasteiger partial charge in [-0.3, -0.25) is 4.99 Å². The Morgan fingerprint density at radius 1 is 1.31 bits per heavy atom. The number of nitrogens with one attached hydrogen (secondary N) is 1. The van der Waals surface area contributed by atoms with E-state index in [1.165, 1.54) is 0 Å². The molecule has 0 amide bonds. The monoisotopic (exact) mass is 187 g/mol. The average Bonchev–Trinajstić information content (AvgIpc) is 1.78. The topological polar surface area (TPSA) is 70.6 Å². The van der Waals surface area contributed by atoms with Gasteiger partial charge in [0.05, 0.1) is 12.1 Å². The van der Waals surface area contributed by atoms with E-state index in [1.807, 2.05) is 20.8 Å². The summed E-state index contributed by atoms with van der Waals surface area (Å²) in [5.41, 5.74) is 4.70. The fourth-order valence-corrected chi connectivity index (χ4v) is 0.702. The molecule has 0 aromatic heterocycles. The fraction of sp³-hybridized carbons (Fsp3) is 0.889. The molecule has 0 atom stereocenters. The van der Waals surface area contributed by atoms with Gasteiger partial charge >= 0.3 is 0 Å². The van der Waals surface area contributed by atoms with E-state index in [0.717, 1.165) is 0 Å². The number of aliphatic hydroxyl groups is 1. The molecule has 0 aromatic carbocycles. The zero-order valence-corrected chi connectivity index (χ0v) is 9.18. The van der Waals surface area contributed by atoms with Crippen LogP contribution in [-0.2, 0) is 0 Å². The Hall–Kier alpha value is -0.770. The van der Waals surface area contributed by atoms with Crippen LogP contribution in [0.5, 0.6) is 0 Å².